The number of likely N-dealkylation sites (tertiary alicyclic amines) is 1. The molecule has 1 fully saturated rings. The first kappa shape index (κ1) is 13.6. The lowest BCUT2D eigenvalue weighted by molar-refractivity contribution is 0.118. The molecule has 0 bridgehead atoms. The van der Waals surface area contributed by atoms with Gasteiger partial charge < -0.3 is 5.73 Å². The van der Waals surface area contributed by atoms with Gasteiger partial charge in [-0.3, -0.25) is 9.29 Å². The minimum absolute atomic E-state index is 0.163. The van der Waals surface area contributed by atoms with E-state index in [2.05, 4.69) is 16.1 Å². The molecule has 2 atom stereocenters. The summed E-state index contributed by atoms with van der Waals surface area (Å²) in [5.41, 5.74) is 6.72. The fourth-order valence-electron chi connectivity index (χ4n) is 2.51. The van der Waals surface area contributed by atoms with E-state index >= 15 is 0 Å². The number of hydrogen-bond donors (Lipinski definition) is 1. The third-order valence-electron chi connectivity index (χ3n) is 3.47. The molecule has 3 nitrogen and oxygen atoms in total. The number of pyridine rings is 1. The zero-order valence-corrected chi connectivity index (χ0v) is 11.5. The Morgan fingerprint density at radius 3 is 3.06 bits per heavy atom. The molecule has 0 aliphatic carbocycles. The van der Waals surface area contributed by atoms with Crippen molar-refractivity contribution in [2.24, 2.45) is 5.92 Å². The summed E-state index contributed by atoms with van der Waals surface area (Å²) in [6.45, 7) is 0.711. The number of alkyl halides is 1. The Balaban J connectivity index is 2.18. The Morgan fingerprint density at radius 1 is 1.56 bits per heavy atom. The number of thioether (sulfide) groups is 1. The number of anilines is 1. The Kier molecular flexibility index (Phi) is 4.83. The molecule has 1 aliphatic rings. The highest BCUT2D eigenvalue weighted by atomic mass is 32.2. The van der Waals surface area contributed by atoms with Crippen molar-refractivity contribution < 1.29 is 4.39 Å². The molecule has 1 saturated heterocycles. The monoisotopic (exact) mass is 269 g/mol. The minimum atomic E-state index is -0.230. The fourth-order valence-corrected chi connectivity index (χ4v) is 3.15. The number of rotatable bonds is 4. The van der Waals surface area contributed by atoms with Crippen molar-refractivity contribution >= 4 is 17.6 Å². The van der Waals surface area contributed by atoms with Gasteiger partial charge in [-0.2, -0.15) is 0 Å². The van der Waals surface area contributed by atoms with Gasteiger partial charge in [0.2, 0.25) is 0 Å². The third kappa shape index (κ3) is 3.14. The van der Waals surface area contributed by atoms with Gasteiger partial charge in [0.1, 0.15) is 5.82 Å². The molecule has 0 spiro atoms. The van der Waals surface area contributed by atoms with Gasteiger partial charge in [0.05, 0.1) is 18.4 Å². The second kappa shape index (κ2) is 6.38. The highest BCUT2D eigenvalue weighted by Crippen LogP contribution is 2.34. The van der Waals surface area contributed by atoms with Crippen molar-refractivity contribution in [3.63, 3.8) is 0 Å². The molecule has 0 saturated carbocycles. The van der Waals surface area contributed by atoms with Gasteiger partial charge in [0.25, 0.3) is 0 Å². The molecule has 0 unspecified atom stereocenters. The lowest BCUT2D eigenvalue weighted by Gasteiger charge is -2.38. The van der Waals surface area contributed by atoms with Gasteiger partial charge >= 0.3 is 0 Å². The van der Waals surface area contributed by atoms with E-state index in [1.807, 2.05) is 12.1 Å². The molecule has 5 heteroatoms. The topological polar surface area (TPSA) is 42.1 Å². The Labute approximate surface area is 112 Å². The van der Waals surface area contributed by atoms with Gasteiger partial charge in [-0.25, -0.2) is 4.98 Å². The second-order valence-corrected chi connectivity index (χ2v) is 5.61. The van der Waals surface area contributed by atoms with Crippen molar-refractivity contribution in [3.05, 3.63) is 23.9 Å². The molecule has 0 aromatic carbocycles. The molecule has 0 amide bonds. The first-order chi connectivity index (χ1) is 8.74. The van der Waals surface area contributed by atoms with Crippen LogP contribution in [0.4, 0.5) is 10.2 Å². The summed E-state index contributed by atoms with van der Waals surface area (Å²) >= 11 is 1.79. The van der Waals surface area contributed by atoms with Crippen molar-refractivity contribution in [2.45, 2.75) is 18.9 Å². The van der Waals surface area contributed by atoms with Crippen LogP contribution in [0.1, 0.15) is 24.6 Å². The van der Waals surface area contributed by atoms with Gasteiger partial charge in [0.15, 0.2) is 0 Å². The fraction of sp³-hybridized carbons (Fsp3) is 0.615. The molecular formula is C13H20FN3S. The lowest BCUT2D eigenvalue weighted by Crippen LogP contribution is -2.37. The number of piperidine rings is 1. The van der Waals surface area contributed by atoms with Crippen LogP contribution in [0.25, 0.3) is 0 Å². The highest BCUT2D eigenvalue weighted by molar-refractivity contribution is 7.98. The zero-order valence-electron chi connectivity index (χ0n) is 10.7. The van der Waals surface area contributed by atoms with Crippen molar-refractivity contribution in [1.29, 1.82) is 0 Å². The summed E-state index contributed by atoms with van der Waals surface area (Å²) in [6, 6.07) is 5.91. The smallest absolute Gasteiger partial charge is 0.123 e. The van der Waals surface area contributed by atoms with Crippen LogP contribution in [-0.4, -0.2) is 35.2 Å². The normalized spacial score (nSPS) is 25.2. The molecule has 1 aromatic rings. The predicted molar refractivity (Wildman–Crippen MR) is 75.2 cm³/mol. The molecule has 18 heavy (non-hydrogen) atoms. The van der Waals surface area contributed by atoms with Crippen LogP contribution in [0.15, 0.2) is 18.2 Å². The van der Waals surface area contributed by atoms with Gasteiger partial charge in [-0.1, -0.05) is 6.07 Å². The van der Waals surface area contributed by atoms with Crippen LogP contribution in [-0.2, 0) is 0 Å². The summed E-state index contributed by atoms with van der Waals surface area (Å²) in [4.78, 5) is 6.78. The van der Waals surface area contributed by atoms with Crippen LogP contribution < -0.4 is 5.73 Å². The van der Waals surface area contributed by atoms with Crippen LogP contribution in [0.3, 0.4) is 0 Å². The van der Waals surface area contributed by atoms with E-state index in [4.69, 9.17) is 5.73 Å². The van der Waals surface area contributed by atoms with E-state index in [1.165, 1.54) is 0 Å². The van der Waals surface area contributed by atoms with E-state index in [9.17, 15) is 4.39 Å². The molecule has 0 radical (unpaired) electrons. The van der Waals surface area contributed by atoms with Gasteiger partial charge in [-0.05, 0) is 43.7 Å². The Bertz CT molecular complexity index is 388. The van der Waals surface area contributed by atoms with Crippen molar-refractivity contribution in [1.82, 2.24) is 9.88 Å². The van der Waals surface area contributed by atoms with Crippen LogP contribution in [0, 0.1) is 5.92 Å². The van der Waals surface area contributed by atoms with E-state index in [1.54, 1.807) is 17.8 Å². The van der Waals surface area contributed by atoms with Crippen molar-refractivity contribution in [2.75, 3.05) is 31.1 Å². The number of hydrogen-bond acceptors (Lipinski definition) is 4. The molecule has 1 aliphatic heterocycles. The number of halogens is 1. The predicted octanol–water partition coefficient (Wildman–Crippen LogP) is 2.71. The molecule has 2 rings (SSSR count). The largest absolute Gasteiger partial charge is 0.384 e. The Morgan fingerprint density at radius 2 is 2.39 bits per heavy atom. The maximum atomic E-state index is 12.9. The minimum Gasteiger partial charge on any atom is -0.384 e. The van der Waals surface area contributed by atoms with Crippen molar-refractivity contribution in [3.8, 4) is 0 Å². The van der Waals surface area contributed by atoms with E-state index in [0.717, 1.165) is 31.0 Å². The Hall–Kier alpha value is -0.810. The number of nitrogens with two attached hydrogens (primary N) is 1. The third-order valence-corrected chi connectivity index (χ3v) is 4.06. The first-order valence-corrected chi connectivity index (χ1v) is 7.65. The van der Waals surface area contributed by atoms with Crippen LogP contribution in [0.5, 0.6) is 0 Å². The number of aromatic nitrogens is 1. The maximum Gasteiger partial charge on any atom is 0.123 e. The highest BCUT2D eigenvalue weighted by Gasteiger charge is 2.30. The summed E-state index contributed by atoms with van der Waals surface area (Å²) in [7, 11) is 0. The molecule has 2 N–H and O–H groups in total. The lowest BCUT2D eigenvalue weighted by atomic mass is 9.90. The van der Waals surface area contributed by atoms with Gasteiger partial charge in [0, 0.05) is 5.88 Å². The van der Waals surface area contributed by atoms with Gasteiger partial charge in [-0.15, -0.1) is 11.8 Å². The molecule has 1 aromatic heterocycles. The molecule has 2 heterocycles. The SMILES string of the molecule is CSCN1CC[C@@H](CF)C[C@H]1c1cccc(N)n1. The van der Waals surface area contributed by atoms with Crippen LogP contribution >= 0.6 is 11.8 Å². The average molecular weight is 269 g/mol. The van der Waals surface area contributed by atoms with Crippen LogP contribution in [0.2, 0.25) is 0 Å². The van der Waals surface area contributed by atoms with E-state index in [-0.39, 0.29) is 18.6 Å². The number of nitrogens with zero attached hydrogens (tertiary/aromatic N) is 2. The van der Waals surface area contributed by atoms with E-state index in [0.29, 0.717) is 5.82 Å². The summed E-state index contributed by atoms with van der Waals surface area (Å²) in [5.74, 6) is 1.66. The maximum absolute atomic E-state index is 12.9. The average Bonchev–Trinajstić information content (AvgIpc) is 2.39. The summed E-state index contributed by atoms with van der Waals surface area (Å²) in [5, 5.41) is 0. The van der Waals surface area contributed by atoms with E-state index < -0.39 is 0 Å². The first-order valence-electron chi connectivity index (χ1n) is 6.26. The molecular weight excluding hydrogens is 249 g/mol. The zero-order chi connectivity index (χ0) is 13.0. The standard InChI is InChI=1S/C13H20FN3S/c1-18-9-17-6-5-10(8-14)7-12(17)11-3-2-4-13(15)16-11/h2-4,10,12H,5-9H2,1H3,(H2,15,16)/t10-,12+/m1/s1. The summed E-state index contributed by atoms with van der Waals surface area (Å²) in [6.07, 6.45) is 3.87. The quantitative estimate of drug-likeness (QED) is 0.912. The summed E-state index contributed by atoms with van der Waals surface area (Å²) < 4.78 is 12.9. The molecule has 100 valence electrons. The number of nitrogen functional groups attached to an aromatic ring is 1. The second-order valence-electron chi connectivity index (χ2n) is 4.78.